The lowest BCUT2D eigenvalue weighted by Crippen LogP contribution is -2.60. The lowest BCUT2D eigenvalue weighted by atomic mass is 10.2. The summed E-state index contributed by atoms with van der Waals surface area (Å²) < 4.78 is 71.6. The lowest BCUT2D eigenvalue weighted by molar-refractivity contribution is -0.274. The highest BCUT2D eigenvalue weighted by molar-refractivity contribution is 7.89. The van der Waals surface area contributed by atoms with Gasteiger partial charge >= 0.3 is 6.36 Å². The number of ether oxygens (including phenoxy) is 1. The van der Waals surface area contributed by atoms with Gasteiger partial charge in [0.2, 0.25) is 15.9 Å². The van der Waals surface area contributed by atoms with Crippen LogP contribution in [0.1, 0.15) is 18.9 Å². The third kappa shape index (κ3) is 6.94. The number of nitrogens with zero attached hydrogens (tertiary/aromatic N) is 7. The fourth-order valence-electron chi connectivity index (χ4n) is 4.73. The number of fused-ring (bicyclic) bond motifs is 1. The quantitative estimate of drug-likeness (QED) is 0.290. The molecule has 0 aliphatic carbocycles. The molecule has 0 saturated carbocycles. The number of carbonyl (C=O) groups excluding carboxylic acids is 1. The molecule has 1 amide bonds. The summed E-state index contributed by atoms with van der Waals surface area (Å²) in [6.45, 7) is 2.29. The monoisotopic (exact) mass is 632 g/mol. The van der Waals surface area contributed by atoms with Crippen molar-refractivity contribution in [3.05, 3.63) is 77.2 Å². The zero-order valence-corrected chi connectivity index (χ0v) is 24.1. The fraction of sp³-hybridized carbons (Fsp3) is 0.333. The van der Waals surface area contributed by atoms with Crippen LogP contribution in [0.15, 0.2) is 71.0 Å². The summed E-state index contributed by atoms with van der Waals surface area (Å²) in [6, 6.07) is 5.56. The van der Waals surface area contributed by atoms with Gasteiger partial charge in [0.1, 0.15) is 29.5 Å². The molecular weight excluding hydrogens is 605 g/mol. The molecule has 1 atom stereocenters. The van der Waals surface area contributed by atoms with Crippen LogP contribution in [0, 0.1) is 0 Å². The average molecular weight is 633 g/mol. The Labute approximate surface area is 249 Å². The van der Waals surface area contributed by atoms with E-state index in [9.17, 15) is 31.2 Å². The summed E-state index contributed by atoms with van der Waals surface area (Å²) in [5, 5.41) is 2.72. The summed E-state index contributed by atoms with van der Waals surface area (Å²) in [4.78, 5) is 44.1. The van der Waals surface area contributed by atoms with Crippen molar-refractivity contribution in [2.45, 2.75) is 43.7 Å². The van der Waals surface area contributed by atoms with E-state index in [0.29, 0.717) is 29.1 Å². The maximum absolute atomic E-state index is 13.7. The number of carbonyl (C=O) groups is 1. The highest BCUT2D eigenvalue weighted by Gasteiger charge is 2.41. The van der Waals surface area contributed by atoms with E-state index < -0.39 is 34.1 Å². The molecule has 44 heavy (non-hydrogen) atoms. The molecule has 0 unspecified atom stereocenters. The molecule has 0 radical (unpaired) electrons. The predicted octanol–water partition coefficient (Wildman–Crippen LogP) is 2.09. The van der Waals surface area contributed by atoms with E-state index in [2.05, 4.69) is 30.0 Å². The number of aromatic nitrogens is 5. The molecule has 232 valence electrons. The first-order valence-electron chi connectivity index (χ1n) is 13.5. The number of piperazine rings is 1. The number of alkyl halides is 3. The van der Waals surface area contributed by atoms with Gasteiger partial charge in [-0.25, -0.2) is 28.4 Å². The molecule has 3 aromatic heterocycles. The van der Waals surface area contributed by atoms with Crippen LogP contribution in [0.2, 0.25) is 0 Å². The van der Waals surface area contributed by atoms with Gasteiger partial charge in [0.15, 0.2) is 5.65 Å². The summed E-state index contributed by atoms with van der Waals surface area (Å²) in [6.07, 6.45) is 1.72. The highest BCUT2D eigenvalue weighted by Crippen LogP contribution is 2.28. The second-order valence-electron chi connectivity index (χ2n) is 9.84. The first kappa shape index (κ1) is 30.8. The van der Waals surface area contributed by atoms with Crippen molar-refractivity contribution in [3.8, 4) is 5.75 Å². The molecule has 17 heteroatoms. The van der Waals surface area contributed by atoms with E-state index in [1.54, 1.807) is 21.7 Å². The average Bonchev–Trinajstić information content (AvgIpc) is 3.00. The van der Waals surface area contributed by atoms with Gasteiger partial charge in [0.05, 0.1) is 17.3 Å². The van der Waals surface area contributed by atoms with E-state index in [1.165, 1.54) is 24.8 Å². The van der Waals surface area contributed by atoms with Crippen LogP contribution in [0.3, 0.4) is 0 Å². The Morgan fingerprint density at radius 3 is 2.59 bits per heavy atom. The summed E-state index contributed by atoms with van der Waals surface area (Å²) in [7, 11) is -4.36. The zero-order chi connectivity index (χ0) is 31.5. The van der Waals surface area contributed by atoms with Crippen molar-refractivity contribution in [3.63, 3.8) is 0 Å². The minimum Gasteiger partial charge on any atom is -0.406 e. The Morgan fingerprint density at radius 1 is 1.11 bits per heavy atom. The van der Waals surface area contributed by atoms with E-state index >= 15 is 0 Å². The van der Waals surface area contributed by atoms with Crippen LogP contribution in [0.4, 0.5) is 19.0 Å². The van der Waals surface area contributed by atoms with Gasteiger partial charge in [0, 0.05) is 45.0 Å². The van der Waals surface area contributed by atoms with Crippen LogP contribution in [0.25, 0.3) is 11.2 Å². The third-order valence-electron chi connectivity index (χ3n) is 6.83. The fourth-order valence-corrected chi connectivity index (χ4v) is 6.30. The zero-order valence-electron chi connectivity index (χ0n) is 23.3. The number of halogens is 3. The van der Waals surface area contributed by atoms with E-state index in [0.717, 1.165) is 35.0 Å². The van der Waals surface area contributed by atoms with Crippen LogP contribution in [0.5, 0.6) is 5.75 Å². The molecule has 1 fully saturated rings. The Hall–Kier alpha value is -4.64. The molecule has 0 spiro atoms. The van der Waals surface area contributed by atoms with Gasteiger partial charge in [-0.2, -0.15) is 4.31 Å². The maximum atomic E-state index is 13.7. The van der Waals surface area contributed by atoms with Crippen molar-refractivity contribution in [2.75, 3.05) is 24.5 Å². The molecule has 5 rings (SSSR count). The maximum Gasteiger partial charge on any atom is 0.573 e. The lowest BCUT2D eigenvalue weighted by Gasteiger charge is -2.40. The number of anilines is 1. The van der Waals surface area contributed by atoms with Crippen molar-refractivity contribution in [1.29, 1.82) is 0 Å². The molecule has 4 heterocycles. The normalized spacial score (nSPS) is 16.2. The number of hydrogen-bond donors (Lipinski definition) is 1. The van der Waals surface area contributed by atoms with E-state index in [4.69, 9.17) is 0 Å². The van der Waals surface area contributed by atoms with E-state index in [1.807, 2.05) is 6.92 Å². The standard InChI is InChI=1S/C27H27F3N8O5S/c1-2-8-36-9-7-18(12-24(36)39)13-33-26(40)22-16-37(23-15-32-21-14-31-17-34-25(21)35-23)10-11-38(22)44(41,42)20-5-3-19(4-6-20)43-27(28,29)30/h3-7,9,12,14-15,17,22H,2,8,10-11,13,16H2,1H3,(H,33,40)/t22-/m1/s1. The SMILES string of the molecule is CCCn1ccc(CNC(=O)[C@H]2CN(c3cnc4cncnc4n3)CCN2S(=O)(=O)c2ccc(OC(F)(F)F)cc2)cc1=O. The van der Waals surface area contributed by atoms with Crippen molar-refractivity contribution in [1.82, 2.24) is 34.1 Å². The van der Waals surface area contributed by atoms with E-state index in [-0.39, 0.29) is 36.6 Å². The summed E-state index contributed by atoms with van der Waals surface area (Å²) in [5.41, 5.74) is 1.06. The van der Waals surface area contributed by atoms with Crippen LogP contribution >= 0.6 is 0 Å². The molecule has 1 N–H and O–H groups in total. The molecule has 13 nitrogen and oxygen atoms in total. The predicted molar refractivity (Wildman–Crippen MR) is 151 cm³/mol. The smallest absolute Gasteiger partial charge is 0.406 e. The number of sulfonamides is 1. The number of rotatable bonds is 9. The Morgan fingerprint density at radius 2 is 1.89 bits per heavy atom. The second-order valence-corrected chi connectivity index (χ2v) is 11.7. The van der Waals surface area contributed by atoms with Crippen molar-refractivity contribution < 1.29 is 31.1 Å². The molecule has 4 aromatic rings. The topological polar surface area (TPSA) is 153 Å². The summed E-state index contributed by atoms with van der Waals surface area (Å²) in [5.74, 6) is -0.876. The molecule has 1 aromatic carbocycles. The number of amides is 1. The van der Waals surface area contributed by atoms with Crippen molar-refractivity contribution in [2.24, 2.45) is 0 Å². The van der Waals surface area contributed by atoms with Gasteiger partial charge in [-0.05, 0) is 42.3 Å². The van der Waals surface area contributed by atoms with Gasteiger partial charge in [-0.3, -0.25) is 9.59 Å². The van der Waals surface area contributed by atoms with Gasteiger partial charge in [0.25, 0.3) is 5.56 Å². The number of hydrogen-bond acceptors (Lipinski definition) is 10. The number of aryl methyl sites for hydroxylation is 1. The number of nitrogens with one attached hydrogen (secondary N) is 1. The molecular formula is C27H27F3N8O5S. The minimum absolute atomic E-state index is 0.0401. The first-order valence-corrected chi connectivity index (χ1v) is 14.9. The third-order valence-corrected chi connectivity index (χ3v) is 8.75. The Kier molecular flexibility index (Phi) is 8.78. The molecule has 1 aliphatic heterocycles. The van der Waals surface area contributed by atoms with Gasteiger partial charge in [-0.1, -0.05) is 6.92 Å². The Bertz CT molecular complexity index is 1820. The number of benzene rings is 1. The molecule has 1 saturated heterocycles. The Balaban J connectivity index is 1.41. The molecule has 0 bridgehead atoms. The van der Waals surface area contributed by atoms with Crippen LogP contribution in [-0.2, 0) is 27.9 Å². The minimum atomic E-state index is -4.94. The highest BCUT2D eigenvalue weighted by atomic mass is 32.2. The van der Waals surface area contributed by atoms with Gasteiger partial charge in [-0.15, -0.1) is 13.2 Å². The van der Waals surface area contributed by atoms with Crippen molar-refractivity contribution >= 4 is 32.9 Å². The first-order chi connectivity index (χ1) is 20.9. The second kappa shape index (κ2) is 12.5. The van der Waals surface area contributed by atoms with Gasteiger partial charge < -0.3 is 19.5 Å². The summed E-state index contributed by atoms with van der Waals surface area (Å²) >= 11 is 0. The largest absolute Gasteiger partial charge is 0.573 e. The van der Waals surface area contributed by atoms with Crippen LogP contribution in [-0.4, -0.2) is 75.2 Å². The van der Waals surface area contributed by atoms with Crippen LogP contribution < -0.4 is 20.5 Å². The molecule has 1 aliphatic rings. The number of pyridine rings is 1.